The van der Waals surface area contributed by atoms with Gasteiger partial charge in [-0.3, -0.25) is 0 Å². The highest BCUT2D eigenvalue weighted by Crippen LogP contribution is 2.99. The van der Waals surface area contributed by atoms with E-state index in [1.807, 2.05) is 0 Å². The third-order valence-corrected chi connectivity index (χ3v) is 6.49. The van der Waals surface area contributed by atoms with Crippen LogP contribution in [0, 0.1) is 10.8 Å². The normalized spacial score (nSPS) is 46.2. The second-order valence-electron chi connectivity index (χ2n) is 6.88. The predicted molar refractivity (Wildman–Crippen MR) is 65.7 cm³/mol. The number of benzene rings is 1. The van der Waals surface area contributed by atoms with E-state index in [9.17, 15) is 35.1 Å². The Bertz CT molecular complexity index is 726. The Balaban J connectivity index is 1.95. The van der Waals surface area contributed by atoms with Crippen LogP contribution in [0.25, 0.3) is 0 Å². The molecule has 0 radical (unpaired) electrons. The third-order valence-electron chi connectivity index (χ3n) is 6.49. The molecule has 0 spiro atoms. The highest BCUT2D eigenvalue weighted by Gasteiger charge is 3.18. The first-order valence-electron chi connectivity index (χ1n) is 7.24. The van der Waals surface area contributed by atoms with Gasteiger partial charge in [0.15, 0.2) is 0 Å². The fraction of sp³-hybridized carbons (Fsp3) is 0.500. The first-order valence-corrected chi connectivity index (χ1v) is 7.24. The van der Waals surface area contributed by atoms with Crippen molar-refractivity contribution in [3.63, 3.8) is 0 Å². The molecule has 1 aromatic rings. The number of halogens is 8. The fourth-order valence-electron chi connectivity index (χ4n) is 5.78. The summed E-state index contributed by atoms with van der Waals surface area (Å²) in [5, 5.41) is 0. The molecule has 5 aliphatic rings. The van der Waals surface area contributed by atoms with Crippen molar-refractivity contribution < 1.29 is 35.1 Å². The van der Waals surface area contributed by atoms with Crippen LogP contribution < -0.4 is 0 Å². The van der Waals surface area contributed by atoms with Crippen LogP contribution in [-0.2, 0) is 0 Å². The Morgan fingerprint density at radius 3 is 1.12 bits per heavy atom. The van der Waals surface area contributed by atoms with Crippen molar-refractivity contribution in [2.75, 3.05) is 0 Å². The lowest BCUT2D eigenvalue weighted by molar-refractivity contribution is -0.621. The molecule has 2 fully saturated rings. The molecule has 5 aliphatic carbocycles. The first kappa shape index (κ1) is 14.7. The van der Waals surface area contributed by atoms with Crippen LogP contribution in [0.15, 0.2) is 36.4 Å². The molecule has 2 atom stereocenters. The van der Waals surface area contributed by atoms with Gasteiger partial charge in [-0.2, -0.15) is 35.1 Å². The molecule has 128 valence electrons. The third kappa shape index (κ3) is 0.809. The zero-order valence-corrected chi connectivity index (χ0v) is 11.6. The molecule has 0 nitrogen and oxygen atoms in total. The fourth-order valence-corrected chi connectivity index (χ4v) is 5.78. The van der Waals surface area contributed by atoms with Gasteiger partial charge in [0.1, 0.15) is 10.8 Å². The molecular formula is C16H8F8. The zero-order chi connectivity index (χ0) is 17.6. The van der Waals surface area contributed by atoms with E-state index in [1.165, 1.54) is 24.3 Å². The van der Waals surface area contributed by atoms with Gasteiger partial charge in [0.25, 0.3) is 0 Å². The molecule has 0 heterocycles. The number of hydrogen-bond acceptors (Lipinski definition) is 0. The van der Waals surface area contributed by atoms with Gasteiger partial charge in [-0.15, -0.1) is 0 Å². The average Bonchev–Trinajstić information content (AvgIpc) is 2.53. The Hall–Kier alpha value is -1.60. The molecule has 0 aliphatic heterocycles. The molecule has 0 aromatic heterocycles. The van der Waals surface area contributed by atoms with E-state index in [2.05, 4.69) is 0 Å². The van der Waals surface area contributed by atoms with Gasteiger partial charge in [-0.1, -0.05) is 36.4 Å². The van der Waals surface area contributed by atoms with Crippen molar-refractivity contribution in [3.05, 3.63) is 47.5 Å². The highest BCUT2D eigenvalue weighted by molar-refractivity contribution is 5.63. The summed E-state index contributed by atoms with van der Waals surface area (Å²) in [6.07, 6.45) is 1.91. The van der Waals surface area contributed by atoms with Crippen LogP contribution in [0.2, 0.25) is 0 Å². The molecule has 0 unspecified atom stereocenters. The zero-order valence-electron chi connectivity index (χ0n) is 11.6. The summed E-state index contributed by atoms with van der Waals surface area (Å²) in [5.74, 6) is -24.7. The van der Waals surface area contributed by atoms with Gasteiger partial charge in [-0.05, 0) is 11.1 Å². The van der Waals surface area contributed by atoms with E-state index in [0.717, 1.165) is 12.2 Å². The minimum absolute atomic E-state index is 0.00836. The largest absolute Gasteiger partial charge is 0.324 e. The molecule has 0 amide bonds. The van der Waals surface area contributed by atoms with Gasteiger partial charge < -0.3 is 0 Å². The Kier molecular flexibility index (Phi) is 1.99. The smallest absolute Gasteiger partial charge is 0.199 e. The summed E-state index contributed by atoms with van der Waals surface area (Å²) >= 11 is 0. The number of rotatable bonds is 0. The van der Waals surface area contributed by atoms with Crippen LogP contribution in [-0.4, -0.2) is 23.7 Å². The number of alkyl halides is 8. The van der Waals surface area contributed by atoms with Crippen LogP contribution >= 0.6 is 0 Å². The van der Waals surface area contributed by atoms with E-state index in [-0.39, 0.29) is 11.1 Å². The Morgan fingerprint density at radius 2 is 0.833 bits per heavy atom. The van der Waals surface area contributed by atoms with Gasteiger partial charge in [0.2, 0.25) is 0 Å². The van der Waals surface area contributed by atoms with Crippen molar-refractivity contribution in [2.45, 2.75) is 35.5 Å². The quantitative estimate of drug-likeness (QED) is 0.456. The molecule has 6 rings (SSSR count). The maximum absolute atomic E-state index is 14.3. The lowest BCUT2D eigenvalue weighted by atomic mass is 9.20. The first-order chi connectivity index (χ1) is 11.0. The lowest BCUT2D eigenvalue weighted by Gasteiger charge is -2.84. The summed E-state index contributed by atoms with van der Waals surface area (Å²) in [7, 11) is 0. The second-order valence-corrected chi connectivity index (χ2v) is 6.88. The van der Waals surface area contributed by atoms with Gasteiger partial charge >= 0.3 is 23.7 Å². The van der Waals surface area contributed by atoms with Gasteiger partial charge in [0, 0.05) is 11.8 Å². The van der Waals surface area contributed by atoms with Gasteiger partial charge in [0.05, 0.1) is 0 Å². The lowest BCUT2D eigenvalue weighted by Crippen LogP contribution is -3.03. The number of allylic oxidation sites excluding steroid dienone is 2. The summed E-state index contributed by atoms with van der Waals surface area (Å²) in [5.41, 5.74) is -7.61. The van der Waals surface area contributed by atoms with E-state index < -0.39 is 46.4 Å². The van der Waals surface area contributed by atoms with E-state index in [0.29, 0.717) is 0 Å². The average molecular weight is 352 g/mol. The summed E-state index contributed by atoms with van der Waals surface area (Å²) in [6.45, 7) is 0. The summed E-state index contributed by atoms with van der Waals surface area (Å²) in [6, 6.07) is 5.29. The molecule has 8 heteroatoms. The molecule has 2 saturated carbocycles. The van der Waals surface area contributed by atoms with Crippen LogP contribution in [0.4, 0.5) is 35.1 Å². The standard InChI is InChI=1S/C16H8F8/c17-13(18)11-9-5-6-10(8-4-2-1-3-7(8)9)12(11,15(13,21)22)16(23,24)14(11,19)20/h1-6,9-10H/t9-,10+,11?,12?. The Morgan fingerprint density at radius 1 is 0.542 bits per heavy atom. The maximum atomic E-state index is 14.3. The molecule has 0 saturated heterocycles. The topological polar surface area (TPSA) is 0 Å². The second kappa shape index (κ2) is 3.24. The molecule has 24 heavy (non-hydrogen) atoms. The maximum Gasteiger partial charge on any atom is 0.324 e. The van der Waals surface area contributed by atoms with E-state index in [4.69, 9.17) is 0 Å². The highest BCUT2D eigenvalue weighted by atomic mass is 19.3. The van der Waals surface area contributed by atoms with Crippen LogP contribution in [0.5, 0.6) is 0 Å². The van der Waals surface area contributed by atoms with Crippen LogP contribution in [0.1, 0.15) is 23.0 Å². The SMILES string of the molecule is FC1(F)C(F)(F)C23[C@H]4C=C[C@H](c5ccccc54)C12C(F)(F)C3(F)F. The van der Waals surface area contributed by atoms with Crippen molar-refractivity contribution in [2.24, 2.45) is 10.8 Å². The minimum Gasteiger partial charge on any atom is -0.199 e. The minimum atomic E-state index is -5.23. The molecule has 2 bridgehead atoms. The van der Waals surface area contributed by atoms with Crippen LogP contribution in [0.3, 0.4) is 0 Å². The van der Waals surface area contributed by atoms with E-state index in [1.54, 1.807) is 0 Å². The summed E-state index contributed by atoms with van der Waals surface area (Å²) < 4.78 is 115. The van der Waals surface area contributed by atoms with Crippen molar-refractivity contribution in [3.8, 4) is 0 Å². The van der Waals surface area contributed by atoms with Crippen molar-refractivity contribution in [1.29, 1.82) is 0 Å². The molecule has 1 aromatic carbocycles. The summed E-state index contributed by atoms with van der Waals surface area (Å²) in [4.78, 5) is 0. The van der Waals surface area contributed by atoms with E-state index >= 15 is 0 Å². The Labute approximate surface area is 130 Å². The number of hydrogen-bond donors (Lipinski definition) is 0. The molecular weight excluding hydrogens is 344 g/mol. The van der Waals surface area contributed by atoms with Gasteiger partial charge in [-0.25, -0.2) is 0 Å². The monoisotopic (exact) mass is 352 g/mol. The molecule has 0 N–H and O–H groups in total. The van der Waals surface area contributed by atoms with Crippen molar-refractivity contribution >= 4 is 0 Å². The predicted octanol–water partition coefficient (Wildman–Crippen LogP) is 4.98. The van der Waals surface area contributed by atoms with Crippen molar-refractivity contribution in [1.82, 2.24) is 0 Å².